The third-order valence-corrected chi connectivity index (χ3v) is 7.91. The number of hydrogen-bond donors (Lipinski definition) is 1. The number of piperazine rings is 1. The minimum absolute atomic E-state index is 0.125. The monoisotopic (exact) mass is 478 g/mol. The fraction of sp³-hybridized carbons (Fsp3) is 0.409. The molecule has 4 rings (SSSR count). The van der Waals surface area contributed by atoms with Crippen LogP contribution in [0.15, 0.2) is 53.4 Å². The van der Waals surface area contributed by atoms with Gasteiger partial charge in [-0.05, 0) is 36.4 Å². The topological polar surface area (TPSA) is 82.2 Å². The summed E-state index contributed by atoms with van der Waals surface area (Å²) < 4.78 is 32.0. The van der Waals surface area contributed by atoms with Gasteiger partial charge in [0.1, 0.15) is 0 Å². The molecule has 2 aromatic carbocycles. The first-order valence-electron chi connectivity index (χ1n) is 10.6. The second-order valence-electron chi connectivity index (χ2n) is 7.80. The van der Waals surface area contributed by atoms with Crippen LogP contribution in [0, 0.1) is 0 Å². The fourth-order valence-corrected chi connectivity index (χ4v) is 5.57. The summed E-state index contributed by atoms with van der Waals surface area (Å²) in [4.78, 5) is 17.0. The Labute approximate surface area is 193 Å². The Morgan fingerprint density at radius 3 is 2.25 bits per heavy atom. The Bertz CT molecular complexity index is 1030. The summed E-state index contributed by atoms with van der Waals surface area (Å²) in [6.45, 7) is 4.90. The zero-order valence-electron chi connectivity index (χ0n) is 17.7. The van der Waals surface area contributed by atoms with E-state index in [0.717, 1.165) is 36.9 Å². The standard InChI is InChI=1S/C22H27ClN4O4S/c23-20-3-1-2-4-21(20)26-11-9-25(10-12-26)17-22(28)24-18-5-7-19(8-6-18)32(29,30)27-13-15-31-16-14-27/h1-8H,9-17H2,(H,24,28). The van der Waals surface area contributed by atoms with Crippen molar-refractivity contribution in [2.45, 2.75) is 4.90 Å². The first kappa shape index (κ1) is 23.0. The molecule has 10 heteroatoms. The smallest absolute Gasteiger partial charge is 0.243 e. The predicted molar refractivity (Wildman–Crippen MR) is 125 cm³/mol. The van der Waals surface area contributed by atoms with Crippen LogP contribution in [0.5, 0.6) is 0 Å². The lowest BCUT2D eigenvalue weighted by atomic mass is 10.2. The Morgan fingerprint density at radius 1 is 0.938 bits per heavy atom. The summed E-state index contributed by atoms with van der Waals surface area (Å²) in [6.07, 6.45) is 0. The lowest BCUT2D eigenvalue weighted by Gasteiger charge is -2.36. The highest BCUT2D eigenvalue weighted by Crippen LogP contribution is 2.26. The molecular weight excluding hydrogens is 452 g/mol. The number of halogens is 1. The Balaban J connectivity index is 1.28. The number of sulfonamides is 1. The molecule has 0 radical (unpaired) electrons. The maximum Gasteiger partial charge on any atom is 0.243 e. The number of rotatable bonds is 6. The van der Waals surface area contributed by atoms with Gasteiger partial charge in [0, 0.05) is 45.0 Å². The fourth-order valence-electron chi connectivity index (χ4n) is 3.90. The van der Waals surface area contributed by atoms with E-state index in [1.165, 1.54) is 16.4 Å². The molecule has 2 heterocycles. The van der Waals surface area contributed by atoms with E-state index in [4.69, 9.17) is 16.3 Å². The van der Waals surface area contributed by atoms with Crippen molar-refractivity contribution < 1.29 is 17.9 Å². The predicted octanol–water partition coefficient (Wildman–Crippen LogP) is 2.12. The number of morpholine rings is 1. The molecule has 0 bridgehead atoms. The van der Waals surface area contributed by atoms with Crippen molar-refractivity contribution in [3.8, 4) is 0 Å². The molecule has 0 saturated carbocycles. The molecule has 2 aliphatic heterocycles. The van der Waals surface area contributed by atoms with Crippen LogP contribution >= 0.6 is 11.6 Å². The van der Waals surface area contributed by atoms with E-state index in [1.54, 1.807) is 12.1 Å². The SMILES string of the molecule is O=C(CN1CCN(c2ccccc2Cl)CC1)Nc1ccc(S(=O)(=O)N2CCOCC2)cc1. The van der Waals surface area contributed by atoms with E-state index in [9.17, 15) is 13.2 Å². The molecule has 0 atom stereocenters. The Morgan fingerprint density at radius 2 is 1.59 bits per heavy atom. The van der Waals surface area contributed by atoms with Crippen molar-refractivity contribution in [1.29, 1.82) is 0 Å². The van der Waals surface area contributed by atoms with Crippen LogP contribution in [0.1, 0.15) is 0 Å². The van der Waals surface area contributed by atoms with Crippen molar-refractivity contribution >= 4 is 38.9 Å². The van der Waals surface area contributed by atoms with Gasteiger partial charge in [-0.15, -0.1) is 0 Å². The van der Waals surface area contributed by atoms with Crippen LogP contribution in [-0.2, 0) is 19.6 Å². The van der Waals surface area contributed by atoms with Gasteiger partial charge in [-0.2, -0.15) is 4.31 Å². The number of carbonyl (C=O) groups excluding carboxylic acids is 1. The number of hydrogen-bond acceptors (Lipinski definition) is 6. The minimum Gasteiger partial charge on any atom is -0.379 e. The minimum atomic E-state index is -3.54. The van der Waals surface area contributed by atoms with E-state index >= 15 is 0 Å². The van der Waals surface area contributed by atoms with Gasteiger partial charge in [0.05, 0.1) is 35.4 Å². The van der Waals surface area contributed by atoms with Crippen molar-refractivity contribution in [3.63, 3.8) is 0 Å². The van der Waals surface area contributed by atoms with E-state index in [2.05, 4.69) is 15.1 Å². The first-order valence-corrected chi connectivity index (χ1v) is 12.4. The highest BCUT2D eigenvalue weighted by molar-refractivity contribution is 7.89. The maximum absolute atomic E-state index is 12.7. The number of benzene rings is 2. The molecule has 172 valence electrons. The van der Waals surface area contributed by atoms with Crippen LogP contribution in [0.3, 0.4) is 0 Å². The molecule has 0 unspecified atom stereocenters. The second kappa shape index (κ2) is 10.2. The third kappa shape index (κ3) is 5.41. The number of ether oxygens (including phenoxy) is 1. The molecule has 32 heavy (non-hydrogen) atoms. The van der Waals surface area contributed by atoms with Gasteiger partial charge in [-0.3, -0.25) is 9.69 Å². The quantitative estimate of drug-likeness (QED) is 0.685. The second-order valence-corrected chi connectivity index (χ2v) is 10.1. The molecule has 2 fully saturated rings. The molecule has 0 aliphatic carbocycles. The Kier molecular flexibility index (Phi) is 7.32. The third-order valence-electron chi connectivity index (χ3n) is 5.68. The van der Waals surface area contributed by atoms with Gasteiger partial charge >= 0.3 is 0 Å². The van der Waals surface area contributed by atoms with E-state index in [1.807, 2.05) is 24.3 Å². The van der Waals surface area contributed by atoms with Gasteiger partial charge < -0.3 is 15.0 Å². The van der Waals surface area contributed by atoms with Crippen molar-refractivity contribution in [1.82, 2.24) is 9.21 Å². The van der Waals surface area contributed by atoms with E-state index in [-0.39, 0.29) is 17.3 Å². The summed E-state index contributed by atoms with van der Waals surface area (Å²) in [7, 11) is -3.54. The summed E-state index contributed by atoms with van der Waals surface area (Å²) in [5, 5.41) is 3.59. The molecular formula is C22H27ClN4O4S. The van der Waals surface area contributed by atoms with E-state index < -0.39 is 10.0 Å². The Hall–Kier alpha value is -2.17. The molecule has 1 amide bonds. The number of nitrogens with one attached hydrogen (secondary N) is 1. The lowest BCUT2D eigenvalue weighted by Crippen LogP contribution is -2.48. The van der Waals surface area contributed by atoms with Crippen molar-refractivity contribution in [2.24, 2.45) is 0 Å². The van der Waals surface area contributed by atoms with E-state index in [0.29, 0.717) is 32.0 Å². The molecule has 0 aromatic heterocycles. The van der Waals surface area contributed by atoms with Crippen molar-refractivity contribution in [3.05, 3.63) is 53.6 Å². The molecule has 2 aromatic rings. The average Bonchev–Trinajstić information content (AvgIpc) is 2.81. The largest absolute Gasteiger partial charge is 0.379 e. The maximum atomic E-state index is 12.7. The molecule has 2 aliphatic rings. The van der Waals surface area contributed by atoms with Crippen molar-refractivity contribution in [2.75, 3.05) is 69.2 Å². The van der Waals surface area contributed by atoms with Crippen LogP contribution in [-0.4, -0.2) is 82.6 Å². The van der Waals surface area contributed by atoms with Gasteiger partial charge in [-0.1, -0.05) is 23.7 Å². The highest BCUT2D eigenvalue weighted by Gasteiger charge is 2.26. The zero-order chi connectivity index (χ0) is 22.6. The molecule has 1 N–H and O–H groups in total. The van der Waals surface area contributed by atoms with Gasteiger partial charge in [0.15, 0.2) is 0 Å². The number of anilines is 2. The highest BCUT2D eigenvalue weighted by atomic mass is 35.5. The molecule has 8 nitrogen and oxygen atoms in total. The van der Waals surface area contributed by atoms with Gasteiger partial charge in [-0.25, -0.2) is 8.42 Å². The van der Waals surface area contributed by atoms with Gasteiger partial charge in [0.2, 0.25) is 15.9 Å². The lowest BCUT2D eigenvalue weighted by molar-refractivity contribution is -0.117. The number of carbonyl (C=O) groups is 1. The zero-order valence-corrected chi connectivity index (χ0v) is 19.3. The van der Waals surface area contributed by atoms with Gasteiger partial charge in [0.25, 0.3) is 0 Å². The molecule has 2 saturated heterocycles. The normalized spacial score (nSPS) is 18.5. The summed E-state index contributed by atoms with van der Waals surface area (Å²) in [6, 6.07) is 14.1. The average molecular weight is 479 g/mol. The summed E-state index contributed by atoms with van der Waals surface area (Å²) in [5.74, 6) is -0.125. The van der Waals surface area contributed by atoms with Crippen LogP contribution in [0.25, 0.3) is 0 Å². The van der Waals surface area contributed by atoms with Crippen LogP contribution in [0.4, 0.5) is 11.4 Å². The number of amides is 1. The summed E-state index contributed by atoms with van der Waals surface area (Å²) in [5.41, 5.74) is 1.59. The molecule has 0 spiro atoms. The number of nitrogens with zero attached hydrogens (tertiary/aromatic N) is 3. The number of para-hydroxylation sites is 1. The summed E-state index contributed by atoms with van der Waals surface area (Å²) >= 11 is 6.29. The van der Waals surface area contributed by atoms with Crippen LogP contribution in [0.2, 0.25) is 5.02 Å². The van der Waals surface area contributed by atoms with Crippen LogP contribution < -0.4 is 10.2 Å². The first-order chi connectivity index (χ1) is 15.4.